The van der Waals surface area contributed by atoms with Crippen LogP contribution in [0.1, 0.15) is 41.5 Å². The van der Waals surface area contributed by atoms with Crippen LogP contribution in [0.3, 0.4) is 0 Å². The van der Waals surface area contributed by atoms with Crippen LogP contribution in [0.25, 0.3) is 0 Å². The SMILES string of the molecule is CC(C)(CO)CO.CC1(C)C(O)C(C)(C)C1O. The fourth-order valence-electron chi connectivity index (χ4n) is 2.17. The molecule has 17 heavy (non-hydrogen) atoms. The van der Waals surface area contributed by atoms with Gasteiger partial charge in [-0.05, 0) is 0 Å². The summed E-state index contributed by atoms with van der Waals surface area (Å²) in [5.74, 6) is 0. The van der Waals surface area contributed by atoms with E-state index >= 15 is 0 Å². The van der Waals surface area contributed by atoms with Gasteiger partial charge < -0.3 is 20.4 Å². The van der Waals surface area contributed by atoms with Crippen molar-refractivity contribution >= 4 is 0 Å². The number of aliphatic hydroxyl groups is 4. The van der Waals surface area contributed by atoms with Crippen molar-refractivity contribution in [3.8, 4) is 0 Å². The van der Waals surface area contributed by atoms with E-state index < -0.39 is 0 Å². The fourth-order valence-corrected chi connectivity index (χ4v) is 2.17. The molecule has 104 valence electrons. The molecule has 0 unspecified atom stereocenters. The molecule has 1 fully saturated rings. The first kappa shape index (κ1) is 16.8. The van der Waals surface area contributed by atoms with Gasteiger partial charge in [0, 0.05) is 16.2 Å². The third kappa shape index (κ3) is 3.41. The van der Waals surface area contributed by atoms with Crippen molar-refractivity contribution in [1.82, 2.24) is 0 Å². The summed E-state index contributed by atoms with van der Waals surface area (Å²) in [5, 5.41) is 35.9. The molecule has 4 N–H and O–H groups in total. The van der Waals surface area contributed by atoms with Crippen LogP contribution in [0, 0.1) is 16.2 Å². The van der Waals surface area contributed by atoms with Crippen LogP contribution in [-0.2, 0) is 0 Å². The Bertz CT molecular complexity index is 210. The second kappa shape index (κ2) is 5.22. The zero-order chi connectivity index (χ0) is 14.1. The minimum Gasteiger partial charge on any atom is -0.396 e. The molecule has 0 saturated heterocycles. The normalized spacial score (nSPS) is 30.0. The Labute approximate surface area is 104 Å². The van der Waals surface area contributed by atoms with Crippen LogP contribution in [0.5, 0.6) is 0 Å². The van der Waals surface area contributed by atoms with E-state index in [2.05, 4.69) is 0 Å². The summed E-state index contributed by atoms with van der Waals surface area (Å²) in [4.78, 5) is 0. The van der Waals surface area contributed by atoms with Gasteiger partial charge >= 0.3 is 0 Å². The Morgan fingerprint density at radius 2 is 1.06 bits per heavy atom. The molecule has 0 radical (unpaired) electrons. The molecule has 1 rings (SSSR count). The van der Waals surface area contributed by atoms with Gasteiger partial charge in [0.25, 0.3) is 0 Å². The highest BCUT2D eigenvalue weighted by molar-refractivity contribution is 5.09. The molecular weight excluding hydrogens is 220 g/mol. The molecule has 1 aliphatic rings. The molecule has 0 aliphatic heterocycles. The highest BCUT2D eigenvalue weighted by Crippen LogP contribution is 2.53. The van der Waals surface area contributed by atoms with Crippen molar-refractivity contribution in [3.05, 3.63) is 0 Å². The molecule has 0 spiro atoms. The van der Waals surface area contributed by atoms with Crippen LogP contribution in [0.2, 0.25) is 0 Å². The van der Waals surface area contributed by atoms with Crippen molar-refractivity contribution in [2.75, 3.05) is 13.2 Å². The van der Waals surface area contributed by atoms with E-state index in [9.17, 15) is 10.2 Å². The summed E-state index contributed by atoms with van der Waals surface area (Å²) in [6.45, 7) is 11.2. The predicted octanol–water partition coefficient (Wildman–Crippen LogP) is 0.771. The average Bonchev–Trinajstić information content (AvgIpc) is 2.27. The van der Waals surface area contributed by atoms with Gasteiger partial charge in [-0.1, -0.05) is 41.5 Å². The molecule has 1 aliphatic carbocycles. The van der Waals surface area contributed by atoms with Gasteiger partial charge in [0.1, 0.15) is 0 Å². The molecular formula is C13H28O4. The van der Waals surface area contributed by atoms with Crippen molar-refractivity contribution in [3.63, 3.8) is 0 Å². The van der Waals surface area contributed by atoms with Crippen molar-refractivity contribution in [1.29, 1.82) is 0 Å². The molecule has 0 amide bonds. The maximum absolute atomic E-state index is 9.51. The first-order chi connectivity index (χ1) is 7.43. The maximum Gasteiger partial charge on any atom is 0.0691 e. The second-order valence-electron chi connectivity index (χ2n) is 6.93. The molecule has 0 aromatic heterocycles. The fraction of sp³-hybridized carbons (Fsp3) is 1.00. The number of aliphatic hydroxyl groups excluding tert-OH is 4. The first-order valence-corrected chi connectivity index (χ1v) is 6.01. The molecule has 4 nitrogen and oxygen atoms in total. The molecule has 0 atom stereocenters. The Balaban J connectivity index is 0.000000325. The van der Waals surface area contributed by atoms with E-state index in [1.54, 1.807) is 13.8 Å². The zero-order valence-corrected chi connectivity index (χ0v) is 11.9. The van der Waals surface area contributed by atoms with Crippen LogP contribution >= 0.6 is 0 Å². The van der Waals surface area contributed by atoms with Crippen molar-refractivity contribution in [2.45, 2.75) is 53.8 Å². The summed E-state index contributed by atoms with van der Waals surface area (Å²) >= 11 is 0. The smallest absolute Gasteiger partial charge is 0.0691 e. The standard InChI is InChI=1S/C8H16O2.C5H12O2/c1-7(2)5(9)8(3,4)6(7)10;1-5(2,3-6)4-7/h5-6,9-10H,1-4H3;6-7H,3-4H2,1-2H3. The monoisotopic (exact) mass is 248 g/mol. The second-order valence-corrected chi connectivity index (χ2v) is 6.93. The van der Waals surface area contributed by atoms with E-state index in [-0.39, 0.29) is 41.7 Å². The summed E-state index contributed by atoms with van der Waals surface area (Å²) in [5.41, 5.74) is -0.938. The first-order valence-electron chi connectivity index (χ1n) is 6.01. The highest BCUT2D eigenvalue weighted by Gasteiger charge is 2.60. The summed E-state index contributed by atoms with van der Waals surface area (Å²) in [6, 6.07) is 0. The topological polar surface area (TPSA) is 80.9 Å². The molecule has 0 aromatic rings. The van der Waals surface area contributed by atoms with E-state index in [1.165, 1.54) is 0 Å². The van der Waals surface area contributed by atoms with E-state index in [0.717, 1.165) is 0 Å². The lowest BCUT2D eigenvalue weighted by Crippen LogP contribution is -2.67. The minimum atomic E-state index is -0.380. The van der Waals surface area contributed by atoms with Crippen LogP contribution < -0.4 is 0 Å². The lowest BCUT2D eigenvalue weighted by atomic mass is 9.51. The number of rotatable bonds is 2. The minimum absolute atomic E-state index is 0.0451. The zero-order valence-electron chi connectivity index (χ0n) is 11.9. The molecule has 0 aromatic carbocycles. The van der Waals surface area contributed by atoms with Gasteiger partial charge in [-0.25, -0.2) is 0 Å². The van der Waals surface area contributed by atoms with E-state index in [1.807, 2.05) is 27.7 Å². The van der Waals surface area contributed by atoms with Gasteiger partial charge in [-0.3, -0.25) is 0 Å². The van der Waals surface area contributed by atoms with E-state index in [4.69, 9.17) is 10.2 Å². The van der Waals surface area contributed by atoms with Crippen LogP contribution in [0.4, 0.5) is 0 Å². The molecule has 0 heterocycles. The Morgan fingerprint density at radius 3 is 1.12 bits per heavy atom. The number of hydrogen-bond donors (Lipinski definition) is 4. The van der Waals surface area contributed by atoms with Gasteiger partial charge in [-0.15, -0.1) is 0 Å². The predicted molar refractivity (Wildman–Crippen MR) is 67.5 cm³/mol. The average molecular weight is 248 g/mol. The van der Waals surface area contributed by atoms with E-state index in [0.29, 0.717) is 0 Å². The lowest BCUT2D eigenvalue weighted by molar-refractivity contribution is -0.247. The lowest BCUT2D eigenvalue weighted by Gasteiger charge is -2.59. The third-order valence-corrected chi connectivity index (χ3v) is 3.68. The highest BCUT2D eigenvalue weighted by atomic mass is 16.3. The van der Waals surface area contributed by atoms with Crippen molar-refractivity contribution in [2.24, 2.45) is 16.2 Å². The quantitative estimate of drug-likeness (QED) is 0.582. The Hall–Kier alpha value is -0.160. The van der Waals surface area contributed by atoms with Crippen LogP contribution in [-0.4, -0.2) is 45.8 Å². The molecule has 1 saturated carbocycles. The van der Waals surface area contributed by atoms with Gasteiger partial charge in [-0.2, -0.15) is 0 Å². The molecule has 0 bridgehead atoms. The Morgan fingerprint density at radius 1 is 0.824 bits per heavy atom. The molecule has 4 heteroatoms. The Kier molecular flexibility index (Phi) is 5.18. The third-order valence-electron chi connectivity index (χ3n) is 3.68. The summed E-state index contributed by atoms with van der Waals surface area (Å²) < 4.78 is 0. The maximum atomic E-state index is 9.51. The van der Waals surface area contributed by atoms with Gasteiger partial charge in [0.05, 0.1) is 25.4 Å². The van der Waals surface area contributed by atoms with Crippen LogP contribution in [0.15, 0.2) is 0 Å². The summed E-state index contributed by atoms with van der Waals surface area (Å²) in [7, 11) is 0. The van der Waals surface area contributed by atoms with Gasteiger partial charge in [0.15, 0.2) is 0 Å². The largest absolute Gasteiger partial charge is 0.396 e. The summed E-state index contributed by atoms with van der Waals surface area (Å²) in [6.07, 6.45) is -0.759. The number of hydrogen-bond acceptors (Lipinski definition) is 4. The van der Waals surface area contributed by atoms with Gasteiger partial charge in [0.2, 0.25) is 0 Å². The van der Waals surface area contributed by atoms with Crippen molar-refractivity contribution < 1.29 is 20.4 Å².